The maximum absolute atomic E-state index is 12.9. The number of hydrogen-bond acceptors (Lipinski definition) is 6. The lowest BCUT2D eigenvalue weighted by Gasteiger charge is -2.25. The van der Waals surface area contributed by atoms with Gasteiger partial charge in [-0.15, -0.1) is 23.1 Å². The molecule has 2 aliphatic rings. The van der Waals surface area contributed by atoms with E-state index in [0.29, 0.717) is 25.3 Å². The largest absolute Gasteiger partial charge is 0.350 e. The van der Waals surface area contributed by atoms with Crippen LogP contribution in [0.4, 0.5) is 5.69 Å². The molecular formula is C19H21N3O4S3. The van der Waals surface area contributed by atoms with E-state index in [4.69, 9.17) is 0 Å². The highest BCUT2D eigenvalue weighted by atomic mass is 32.3. The summed E-state index contributed by atoms with van der Waals surface area (Å²) in [6, 6.07) is 11.1. The molecule has 1 fully saturated rings. The highest BCUT2D eigenvalue weighted by Crippen LogP contribution is 2.44. The van der Waals surface area contributed by atoms with E-state index in [1.165, 1.54) is 32.3 Å². The zero-order valence-corrected chi connectivity index (χ0v) is 18.1. The number of carbonyl (C=O) groups excluding carboxylic acids is 2. The van der Waals surface area contributed by atoms with Gasteiger partial charge in [-0.25, -0.2) is 8.42 Å². The molecule has 1 aromatic carbocycles. The smallest absolute Gasteiger partial charge is 0.252 e. The summed E-state index contributed by atoms with van der Waals surface area (Å²) >= 11 is 2.51. The minimum atomic E-state index is -3.55. The molecule has 0 aliphatic carbocycles. The molecule has 0 unspecified atom stereocenters. The first-order valence-electron chi connectivity index (χ1n) is 9.33. The molecule has 1 N–H and O–H groups in total. The van der Waals surface area contributed by atoms with Crippen molar-refractivity contribution in [3.63, 3.8) is 0 Å². The SMILES string of the molecule is O=C(CN1C(=O)CSc2sc(S(=O)(=O)N3CCCC3)cc21)NCc1ccccc1. The Kier molecular flexibility index (Phi) is 5.95. The molecular weight excluding hydrogens is 430 g/mol. The Morgan fingerprint density at radius 1 is 1.14 bits per heavy atom. The van der Waals surface area contributed by atoms with E-state index >= 15 is 0 Å². The molecule has 0 saturated carbocycles. The summed E-state index contributed by atoms with van der Waals surface area (Å²) < 4.78 is 28.2. The molecule has 0 atom stereocenters. The Labute approximate surface area is 178 Å². The fourth-order valence-corrected chi connectivity index (χ4v) is 7.76. The van der Waals surface area contributed by atoms with E-state index < -0.39 is 10.0 Å². The molecule has 10 heteroatoms. The fourth-order valence-electron chi connectivity index (χ4n) is 3.33. The van der Waals surface area contributed by atoms with Crippen molar-refractivity contribution >= 4 is 50.6 Å². The lowest BCUT2D eigenvalue weighted by molar-refractivity contribution is -0.123. The molecule has 0 bridgehead atoms. The van der Waals surface area contributed by atoms with E-state index in [9.17, 15) is 18.0 Å². The van der Waals surface area contributed by atoms with Crippen molar-refractivity contribution in [1.29, 1.82) is 0 Å². The standard InChI is InChI=1S/C19H21N3O4S3/c23-16(20-11-14-6-2-1-3-7-14)12-22-15-10-18(28-19(15)27-13-17(22)24)29(25,26)21-8-4-5-9-21/h1-3,6-7,10H,4-5,8-9,11-13H2,(H,20,23). The van der Waals surface area contributed by atoms with E-state index in [2.05, 4.69) is 5.32 Å². The van der Waals surface area contributed by atoms with Crippen LogP contribution in [0.15, 0.2) is 44.8 Å². The summed E-state index contributed by atoms with van der Waals surface area (Å²) in [6.07, 6.45) is 1.73. The highest BCUT2D eigenvalue weighted by Gasteiger charge is 2.34. The van der Waals surface area contributed by atoms with Crippen molar-refractivity contribution in [3.05, 3.63) is 42.0 Å². The second kappa shape index (κ2) is 8.47. The molecule has 2 aromatic rings. The minimum absolute atomic E-state index is 0.126. The van der Waals surface area contributed by atoms with Gasteiger partial charge in [-0.2, -0.15) is 4.31 Å². The molecule has 4 rings (SSSR count). The summed E-state index contributed by atoms with van der Waals surface area (Å²) in [5.41, 5.74) is 1.49. The number of nitrogens with zero attached hydrogens (tertiary/aromatic N) is 2. The third kappa shape index (κ3) is 4.35. The van der Waals surface area contributed by atoms with Gasteiger partial charge in [0.25, 0.3) is 10.0 Å². The van der Waals surface area contributed by atoms with Crippen LogP contribution in [0.2, 0.25) is 0 Å². The van der Waals surface area contributed by atoms with Gasteiger partial charge in [0.2, 0.25) is 11.8 Å². The lowest BCUT2D eigenvalue weighted by atomic mass is 10.2. The number of rotatable bonds is 6. The molecule has 1 saturated heterocycles. The molecule has 29 heavy (non-hydrogen) atoms. The predicted octanol–water partition coefficient (Wildman–Crippen LogP) is 2.29. The Balaban J connectivity index is 1.50. The molecule has 0 spiro atoms. The average molecular weight is 452 g/mol. The van der Waals surface area contributed by atoms with Gasteiger partial charge in [0.05, 0.1) is 15.6 Å². The molecule has 154 valence electrons. The molecule has 1 aromatic heterocycles. The van der Waals surface area contributed by atoms with Crippen molar-refractivity contribution in [1.82, 2.24) is 9.62 Å². The number of thioether (sulfide) groups is 1. The van der Waals surface area contributed by atoms with Crippen molar-refractivity contribution in [2.75, 3.05) is 30.3 Å². The maximum Gasteiger partial charge on any atom is 0.252 e. The van der Waals surface area contributed by atoms with Crippen LogP contribution in [0.1, 0.15) is 18.4 Å². The van der Waals surface area contributed by atoms with Crippen LogP contribution in [-0.4, -0.2) is 49.9 Å². The van der Waals surface area contributed by atoms with Crippen LogP contribution in [0.3, 0.4) is 0 Å². The Morgan fingerprint density at radius 3 is 2.59 bits per heavy atom. The Hall–Kier alpha value is -1.88. The number of nitrogens with one attached hydrogen (secondary N) is 1. The van der Waals surface area contributed by atoms with E-state index in [-0.39, 0.29) is 28.3 Å². The average Bonchev–Trinajstić information content (AvgIpc) is 3.40. The predicted molar refractivity (Wildman–Crippen MR) is 114 cm³/mol. The van der Waals surface area contributed by atoms with Crippen molar-refractivity contribution in [2.24, 2.45) is 0 Å². The molecule has 0 radical (unpaired) electrons. The lowest BCUT2D eigenvalue weighted by Crippen LogP contribution is -2.42. The van der Waals surface area contributed by atoms with Crippen LogP contribution < -0.4 is 10.2 Å². The zero-order valence-electron chi connectivity index (χ0n) is 15.7. The van der Waals surface area contributed by atoms with Gasteiger partial charge in [-0.05, 0) is 24.5 Å². The number of hydrogen-bond donors (Lipinski definition) is 1. The maximum atomic E-state index is 12.9. The number of fused-ring (bicyclic) bond motifs is 1. The Morgan fingerprint density at radius 2 is 1.86 bits per heavy atom. The first-order valence-corrected chi connectivity index (χ1v) is 12.6. The molecule has 2 aliphatic heterocycles. The number of benzene rings is 1. The summed E-state index contributed by atoms with van der Waals surface area (Å²) in [5, 5.41) is 2.82. The zero-order chi connectivity index (χ0) is 20.4. The summed E-state index contributed by atoms with van der Waals surface area (Å²) in [6.45, 7) is 1.31. The summed E-state index contributed by atoms with van der Waals surface area (Å²) in [7, 11) is -3.55. The van der Waals surface area contributed by atoms with Gasteiger partial charge < -0.3 is 10.2 Å². The van der Waals surface area contributed by atoms with Crippen molar-refractivity contribution in [3.8, 4) is 0 Å². The van der Waals surface area contributed by atoms with Gasteiger partial charge in [-0.3, -0.25) is 9.59 Å². The number of amides is 2. The third-order valence-corrected chi connectivity index (χ3v) is 9.60. The van der Waals surface area contributed by atoms with Crippen LogP contribution in [0, 0.1) is 0 Å². The van der Waals surface area contributed by atoms with Gasteiger partial charge in [0, 0.05) is 19.6 Å². The van der Waals surface area contributed by atoms with Gasteiger partial charge in [0.15, 0.2) is 0 Å². The van der Waals surface area contributed by atoms with Gasteiger partial charge >= 0.3 is 0 Å². The number of sulfonamides is 1. The molecule has 3 heterocycles. The van der Waals surface area contributed by atoms with Crippen molar-refractivity contribution < 1.29 is 18.0 Å². The molecule has 2 amide bonds. The number of anilines is 1. The normalized spacial score (nSPS) is 17.4. The summed E-state index contributed by atoms with van der Waals surface area (Å²) in [5.74, 6) is -0.279. The third-order valence-electron chi connectivity index (χ3n) is 4.87. The van der Waals surface area contributed by atoms with Crippen molar-refractivity contribution in [2.45, 2.75) is 27.8 Å². The number of carbonyl (C=O) groups is 2. The van der Waals surface area contributed by atoms with Crippen LogP contribution in [0.5, 0.6) is 0 Å². The topological polar surface area (TPSA) is 86.8 Å². The first kappa shape index (κ1) is 20.4. The Bertz CT molecular complexity index is 1010. The minimum Gasteiger partial charge on any atom is -0.350 e. The van der Waals surface area contributed by atoms with E-state index in [0.717, 1.165) is 22.6 Å². The van der Waals surface area contributed by atoms with Gasteiger partial charge in [-0.1, -0.05) is 30.3 Å². The molecule has 7 nitrogen and oxygen atoms in total. The second-order valence-corrected chi connectivity index (χ2v) is 11.3. The second-order valence-electron chi connectivity index (χ2n) is 6.88. The number of thiophene rings is 1. The van der Waals surface area contributed by atoms with Gasteiger partial charge in [0.1, 0.15) is 10.8 Å². The van der Waals surface area contributed by atoms with E-state index in [1.54, 1.807) is 6.07 Å². The fraction of sp³-hybridized carbons (Fsp3) is 0.368. The highest BCUT2D eigenvalue weighted by molar-refractivity contribution is 8.02. The van der Waals surface area contributed by atoms with Crippen LogP contribution in [-0.2, 0) is 26.2 Å². The van der Waals surface area contributed by atoms with Crippen LogP contribution >= 0.6 is 23.1 Å². The van der Waals surface area contributed by atoms with Crippen LogP contribution in [0.25, 0.3) is 0 Å². The quantitative estimate of drug-likeness (QED) is 0.728. The monoisotopic (exact) mass is 451 g/mol. The summed E-state index contributed by atoms with van der Waals surface area (Å²) in [4.78, 5) is 26.3. The first-order chi connectivity index (χ1) is 13.9. The van der Waals surface area contributed by atoms with E-state index in [1.807, 2.05) is 30.3 Å².